The second-order valence-corrected chi connectivity index (χ2v) is 4.13. The molecule has 0 saturated heterocycles. The maximum atomic E-state index is 10.9. The third kappa shape index (κ3) is 1.60. The summed E-state index contributed by atoms with van der Waals surface area (Å²) in [5, 5.41) is 14.5. The van der Waals surface area contributed by atoms with Gasteiger partial charge >= 0.3 is 0 Å². The van der Waals surface area contributed by atoms with Crippen LogP contribution in [-0.2, 0) is 5.54 Å². The van der Waals surface area contributed by atoms with Crippen LogP contribution in [0.3, 0.4) is 0 Å². The van der Waals surface area contributed by atoms with Gasteiger partial charge in [0.2, 0.25) is 0 Å². The summed E-state index contributed by atoms with van der Waals surface area (Å²) >= 11 is 6.03. The lowest BCUT2D eigenvalue weighted by Gasteiger charge is -2.15. The largest absolute Gasteiger partial charge is 0.310 e. The summed E-state index contributed by atoms with van der Waals surface area (Å²) in [6, 6.07) is 4.80. The summed E-state index contributed by atoms with van der Waals surface area (Å²) in [6.07, 6.45) is 1.79. The fourth-order valence-electron chi connectivity index (χ4n) is 1.89. The van der Waals surface area contributed by atoms with Crippen molar-refractivity contribution >= 4 is 17.3 Å². The van der Waals surface area contributed by atoms with Crippen LogP contribution in [0.15, 0.2) is 18.2 Å². The van der Waals surface area contributed by atoms with E-state index in [1.165, 1.54) is 6.07 Å². The van der Waals surface area contributed by atoms with Crippen LogP contribution in [0.2, 0.25) is 5.02 Å². The third-order valence-electron chi connectivity index (χ3n) is 2.90. The summed E-state index contributed by atoms with van der Waals surface area (Å²) in [6.45, 7) is 0. The average Bonchev–Trinajstić information content (AvgIpc) is 2.98. The van der Waals surface area contributed by atoms with Crippen molar-refractivity contribution in [2.75, 3.05) is 7.05 Å². The van der Waals surface area contributed by atoms with Crippen molar-refractivity contribution in [3.63, 3.8) is 0 Å². The molecule has 0 heterocycles. The summed E-state index contributed by atoms with van der Waals surface area (Å²) in [5.41, 5.74) is 0.453. The molecule has 1 saturated carbocycles. The molecule has 1 aromatic carbocycles. The van der Waals surface area contributed by atoms with E-state index in [0.717, 1.165) is 12.8 Å². The number of hydrogen-bond acceptors (Lipinski definition) is 3. The topological polar surface area (TPSA) is 55.2 Å². The van der Waals surface area contributed by atoms with E-state index in [1.54, 1.807) is 19.2 Å². The molecule has 4 nitrogen and oxygen atoms in total. The molecule has 0 aliphatic heterocycles. The number of rotatable bonds is 3. The molecule has 15 heavy (non-hydrogen) atoms. The minimum atomic E-state index is -0.376. The fraction of sp³-hybridized carbons (Fsp3) is 0.400. The Morgan fingerprint density at radius 2 is 2.20 bits per heavy atom. The maximum Gasteiger partial charge on any atom is 0.275 e. The normalized spacial score (nSPS) is 17.5. The standard InChI is InChI=1S/C10H11ClN2O2/c1-12-10(5-6-10)9-7(11)3-2-4-8(9)13(14)15/h2-4,12H,5-6H2,1H3. The quantitative estimate of drug-likeness (QED) is 0.636. The third-order valence-corrected chi connectivity index (χ3v) is 3.21. The number of hydrogen-bond donors (Lipinski definition) is 1. The Morgan fingerprint density at radius 3 is 2.67 bits per heavy atom. The molecule has 80 valence electrons. The Morgan fingerprint density at radius 1 is 1.53 bits per heavy atom. The Hall–Kier alpha value is -1.13. The van der Waals surface area contributed by atoms with Gasteiger partial charge in [0.25, 0.3) is 5.69 Å². The highest BCUT2D eigenvalue weighted by molar-refractivity contribution is 6.31. The minimum Gasteiger partial charge on any atom is -0.310 e. The lowest BCUT2D eigenvalue weighted by molar-refractivity contribution is -0.385. The zero-order chi connectivity index (χ0) is 11.1. The van der Waals surface area contributed by atoms with Gasteiger partial charge in [0, 0.05) is 6.07 Å². The van der Waals surface area contributed by atoms with Gasteiger partial charge in [-0.25, -0.2) is 0 Å². The van der Waals surface area contributed by atoms with Crippen LogP contribution in [0.5, 0.6) is 0 Å². The van der Waals surface area contributed by atoms with Crippen molar-refractivity contribution in [1.29, 1.82) is 0 Å². The van der Waals surface area contributed by atoms with Crippen molar-refractivity contribution in [3.05, 3.63) is 38.9 Å². The fourth-order valence-corrected chi connectivity index (χ4v) is 2.24. The van der Waals surface area contributed by atoms with Gasteiger partial charge < -0.3 is 5.32 Å². The van der Waals surface area contributed by atoms with Crippen molar-refractivity contribution in [1.82, 2.24) is 5.32 Å². The van der Waals surface area contributed by atoms with Crippen LogP contribution >= 0.6 is 11.6 Å². The number of nitro benzene ring substituents is 1. The van der Waals surface area contributed by atoms with Crippen LogP contribution in [-0.4, -0.2) is 12.0 Å². The molecular weight excluding hydrogens is 216 g/mol. The number of halogens is 1. The zero-order valence-corrected chi connectivity index (χ0v) is 9.04. The number of benzene rings is 1. The van der Waals surface area contributed by atoms with Gasteiger partial charge in [-0.05, 0) is 26.0 Å². The molecule has 2 rings (SSSR count). The van der Waals surface area contributed by atoms with Gasteiger partial charge in [0.1, 0.15) is 0 Å². The highest BCUT2D eigenvalue weighted by Crippen LogP contribution is 2.50. The minimum absolute atomic E-state index is 0.106. The first-order chi connectivity index (χ1) is 7.10. The molecule has 0 atom stereocenters. The Labute approximate surface area is 92.4 Å². The monoisotopic (exact) mass is 226 g/mol. The summed E-state index contributed by atoms with van der Waals surface area (Å²) in [5.74, 6) is 0. The van der Waals surface area contributed by atoms with E-state index in [4.69, 9.17) is 11.6 Å². The molecule has 1 aromatic rings. The van der Waals surface area contributed by atoms with E-state index in [1.807, 2.05) is 0 Å². The number of nitrogens with zero attached hydrogens (tertiary/aromatic N) is 1. The molecular formula is C10H11ClN2O2. The number of nitrogens with one attached hydrogen (secondary N) is 1. The SMILES string of the molecule is CNC1(c2c(Cl)cccc2[N+](=O)[O-])CC1. The van der Waals surface area contributed by atoms with Crippen LogP contribution in [0.1, 0.15) is 18.4 Å². The number of nitro groups is 1. The molecule has 0 spiro atoms. The van der Waals surface area contributed by atoms with E-state index in [-0.39, 0.29) is 16.1 Å². The second-order valence-electron chi connectivity index (χ2n) is 3.72. The second kappa shape index (κ2) is 3.47. The first-order valence-corrected chi connectivity index (χ1v) is 5.11. The molecule has 1 N–H and O–H groups in total. The van der Waals surface area contributed by atoms with Gasteiger partial charge in [-0.1, -0.05) is 17.7 Å². The summed E-state index contributed by atoms with van der Waals surface area (Å²) in [7, 11) is 1.81. The molecule has 0 aromatic heterocycles. The van der Waals surface area contributed by atoms with Crippen molar-refractivity contribution in [2.24, 2.45) is 0 Å². The predicted molar refractivity (Wildman–Crippen MR) is 58.1 cm³/mol. The zero-order valence-electron chi connectivity index (χ0n) is 8.29. The van der Waals surface area contributed by atoms with E-state index in [2.05, 4.69) is 5.32 Å². The molecule has 0 bridgehead atoms. The molecule has 0 unspecified atom stereocenters. The van der Waals surface area contributed by atoms with Crippen LogP contribution in [0, 0.1) is 10.1 Å². The van der Waals surface area contributed by atoms with E-state index in [0.29, 0.717) is 10.6 Å². The highest BCUT2D eigenvalue weighted by Gasteiger charge is 2.48. The lowest BCUT2D eigenvalue weighted by atomic mass is 10.0. The van der Waals surface area contributed by atoms with Crippen LogP contribution < -0.4 is 5.32 Å². The first kappa shape index (κ1) is 10.4. The predicted octanol–water partition coefficient (Wildman–Crippen LogP) is 2.46. The van der Waals surface area contributed by atoms with Crippen LogP contribution in [0.25, 0.3) is 0 Å². The molecule has 1 fully saturated rings. The van der Waals surface area contributed by atoms with Crippen molar-refractivity contribution in [3.8, 4) is 0 Å². The maximum absolute atomic E-state index is 10.9. The van der Waals surface area contributed by atoms with Gasteiger partial charge in [-0.2, -0.15) is 0 Å². The van der Waals surface area contributed by atoms with Crippen LogP contribution in [0.4, 0.5) is 5.69 Å². The Kier molecular flexibility index (Phi) is 2.40. The summed E-state index contributed by atoms with van der Waals surface area (Å²) < 4.78 is 0. The van der Waals surface area contributed by atoms with E-state index >= 15 is 0 Å². The van der Waals surface area contributed by atoms with E-state index in [9.17, 15) is 10.1 Å². The van der Waals surface area contributed by atoms with Gasteiger partial charge in [0.15, 0.2) is 0 Å². The molecule has 0 radical (unpaired) electrons. The van der Waals surface area contributed by atoms with E-state index < -0.39 is 0 Å². The van der Waals surface area contributed by atoms with Crippen molar-refractivity contribution in [2.45, 2.75) is 18.4 Å². The highest BCUT2D eigenvalue weighted by atomic mass is 35.5. The Bertz CT molecular complexity index is 416. The van der Waals surface area contributed by atoms with Gasteiger partial charge in [-0.15, -0.1) is 0 Å². The lowest BCUT2D eigenvalue weighted by Crippen LogP contribution is -2.25. The molecule has 1 aliphatic carbocycles. The van der Waals surface area contributed by atoms with Crippen molar-refractivity contribution < 1.29 is 4.92 Å². The molecule has 0 amide bonds. The molecule has 1 aliphatic rings. The van der Waals surface area contributed by atoms with Gasteiger partial charge in [0.05, 0.1) is 21.0 Å². The average molecular weight is 227 g/mol. The van der Waals surface area contributed by atoms with Gasteiger partial charge in [-0.3, -0.25) is 10.1 Å². The first-order valence-electron chi connectivity index (χ1n) is 4.73. The smallest absolute Gasteiger partial charge is 0.275 e. The molecule has 5 heteroatoms. The Balaban J connectivity index is 2.58. The summed E-state index contributed by atoms with van der Waals surface area (Å²) in [4.78, 5) is 10.5.